The van der Waals surface area contributed by atoms with Crippen molar-refractivity contribution in [2.24, 2.45) is 11.7 Å². The molecule has 25 heavy (non-hydrogen) atoms. The number of H-pyrrole nitrogens is 1. The highest BCUT2D eigenvalue weighted by Crippen LogP contribution is 2.20. The second-order valence-electron chi connectivity index (χ2n) is 6.20. The Morgan fingerprint density at radius 1 is 1.24 bits per heavy atom. The fourth-order valence-electron chi connectivity index (χ4n) is 3.28. The predicted molar refractivity (Wildman–Crippen MR) is 92.3 cm³/mol. The quantitative estimate of drug-likeness (QED) is 0.765. The number of nitrogens with zero attached hydrogens (tertiary/aromatic N) is 2. The first-order valence-corrected chi connectivity index (χ1v) is 8.27. The van der Waals surface area contributed by atoms with Crippen molar-refractivity contribution in [2.45, 2.75) is 26.3 Å². The van der Waals surface area contributed by atoms with E-state index in [9.17, 15) is 19.2 Å². The Morgan fingerprint density at radius 3 is 2.52 bits per heavy atom. The zero-order valence-electron chi connectivity index (χ0n) is 13.9. The molecular weight excluding hydrogens is 324 g/mol. The lowest BCUT2D eigenvalue weighted by Gasteiger charge is -2.30. The molecule has 132 valence electrons. The highest BCUT2D eigenvalue weighted by molar-refractivity contribution is 5.97. The van der Waals surface area contributed by atoms with Crippen molar-refractivity contribution in [1.82, 2.24) is 14.5 Å². The van der Waals surface area contributed by atoms with E-state index in [-0.39, 0.29) is 17.7 Å². The molecule has 1 saturated heterocycles. The van der Waals surface area contributed by atoms with Crippen molar-refractivity contribution >= 4 is 22.8 Å². The molecule has 1 aliphatic rings. The van der Waals surface area contributed by atoms with Crippen LogP contribution in [0.2, 0.25) is 0 Å². The number of carbonyl (C=O) groups is 2. The van der Waals surface area contributed by atoms with Gasteiger partial charge in [-0.2, -0.15) is 0 Å². The predicted octanol–water partition coefficient (Wildman–Crippen LogP) is 0.0472. The van der Waals surface area contributed by atoms with Gasteiger partial charge < -0.3 is 20.2 Å². The van der Waals surface area contributed by atoms with Gasteiger partial charge in [0.1, 0.15) is 0 Å². The number of fused-ring (bicyclic) bond motifs is 1. The standard InChI is InChI=1S/C17H20N4O4/c1-2-21-13-4-3-11(9-12(13)19-15(23)17(21)25)16(24)20-7-5-10(6-8-20)14(18)22/h3-4,9-10H,2,5-8H2,1H3,(H2,18,22)(H,19,23). The number of nitrogens with one attached hydrogen (secondary N) is 1. The van der Waals surface area contributed by atoms with E-state index in [2.05, 4.69) is 4.98 Å². The van der Waals surface area contributed by atoms with Gasteiger partial charge in [-0.3, -0.25) is 19.2 Å². The summed E-state index contributed by atoms with van der Waals surface area (Å²) in [6.07, 6.45) is 1.11. The second kappa shape index (κ2) is 6.54. The first-order chi connectivity index (χ1) is 11.9. The molecule has 1 aromatic heterocycles. The molecule has 0 radical (unpaired) electrons. The SMILES string of the molecule is CCn1c(=O)c(=O)[nH]c2cc(C(=O)N3CCC(C(N)=O)CC3)ccc21. The van der Waals surface area contributed by atoms with Gasteiger partial charge in [-0.25, -0.2) is 0 Å². The van der Waals surface area contributed by atoms with Gasteiger partial charge in [0.2, 0.25) is 5.91 Å². The number of nitrogens with two attached hydrogens (primary N) is 1. The minimum atomic E-state index is -0.707. The van der Waals surface area contributed by atoms with E-state index >= 15 is 0 Å². The summed E-state index contributed by atoms with van der Waals surface area (Å²) in [6.45, 7) is 3.08. The first-order valence-electron chi connectivity index (χ1n) is 8.27. The Morgan fingerprint density at radius 2 is 1.92 bits per heavy atom. The summed E-state index contributed by atoms with van der Waals surface area (Å²) in [4.78, 5) is 51.7. The summed E-state index contributed by atoms with van der Waals surface area (Å²) in [7, 11) is 0. The van der Waals surface area contributed by atoms with Crippen LogP contribution in [0.1, 0.15) is 30.1 Å². The van der Waals surface area contributed by atoms with Gasteiger partial charge in [-0.15, -0.1) is 0 Å². The van der Waals surface area contributed by atoms with Crippen LogP contribution in [-0.4, -0.2) is 39.4 Å². The number of piperidine rings is 1. The minimum Gasteiger partial charge on any atom is -0.369 e. The number of aryl methyl sites for hydroxylation is 1. The molecule has 2 aromatic rings. The highest BCUT2D eigenvalue weighted by Gasteiger charge is 2.26. The molecule has 0 spiro atoms. The monoisotopic (exact) mass is 344 g/mol. The number of hydrogen-bond donors (Lipinski definition) is 2. The van der Waals surface area contributed by atoms with Gasteiger partial charge in [0, 0.05) is 31.1 Å². The molecule has 1 fully saturated rings. The van der Waals surface area contributed by atoms with E-state index in [1.807, 2.05) is 0 Å². The Bertz CT molecular complexity index is 951. The third kappa shape index (κ3) is 3.07. The van der Waals surface area contributed by atoms with Gasteiger partial charge >= 0.3 is 11.1 Å². The number of aromatic nitrogens is 2. The lowest BCUT2D eigenvalue weighted by molar-refractivity contribution is -0.123. The molecule has 2 heterocycles. The van der Waals surface area contributed by atoms with Crippen LogP contribution >= 0.6 is 0 Å². The zero-order valence-corrected chi connectivity index (χ0v) is 13.9. The van der Waals surface area contributed by atoms with Crippen LogP contribution in [0, 0.1) is 5.92 Å². The maximum absolute atomic E-state index is 12.7. The van der Waals surface area contributed by atoms with Crippen LogP contribution in [-0.2, 0) is 11.3 Å². The molecule has 3 N–H and O–H groups in total. The van der Waals surface area contributed by atoms with Gasteiger partial charge in [0.05, 0.1) is 11.0 Å². The Kier molecular flexibility index (Phi) is 4.43. The third-order valence-electron chi connectivity index (χ3n) is 4.72. The van der Waals surface area contributed by atoms with Gasteiger partial charge in [-0.05, 0) is 38.0 Å². The van der Waals surface area contributed by atoms with E-state index in [0.29, 0.717) is 49.1 Å². The number of likely N-dealkylation sites (tertiary alicyclic amines) is 1. The molecular formula is C17H20N4O4. The smallest absolute Gasteiger partial charge is 0.316 e. The minimum absolute atomic E-state index is 0.167. The third-order valence-corrected chi connectivity index (χ3v) is 4.72. The van der Waals surface area contributed by atoms with Crippen molar-refractivity contribution in [3.8, 4) is 0 Å². The summed E-state index contributed by atoms with van der Waals surface area (Å²) in [5.74, 6) is -0.677. The van der Waals surface area contributed by atoms with Crippen LogP contribution in [0.15, 0.2) is 27.8 Å². The molecule has 0 atom stereocenters. The maximum atomic E-state index is 12.7. The largest absolute Gasteiger partial charge is 0.369 e. The van der Waals surface area contributed by atoms with E-state index in [0.717, 1.165) is 0 Å². The summed E-state index contributed by atoms with van der Waals surface area (Å²) in [5.41, 5.74) is 5.46. The molecule has 0 bridgehead atoms. The number of hydrogen-bond acceptors (Lipinski definition) is 4. The number of rotatable bonds is 3. The van der Waals surface area contributed by atoms with Crippen molar-refractivity contribution in [2.75, 3.05) is 13.1 Å². The molecule has 0 saturated carbocycles. The van der Waals surface area contributed by atoms with Crippen molar-refractivity contribution < 1.29 is 9.59 Å². The molecule has 8 heteroatoms. The number of amides is 2. The van der Waals surface area contributed by atoms with Gasteiger partial charge in [0.25, 0.3) is 5.91 Å². The highest BCUT2D eigenvalue weighted by atomic mass is 16.2. The summed E-state index contributed by atoms with van der Waals surface area (Å²) in [5, 5.41) is 0. The molecule has 8 nitrogen and oxygen atoms in total. The van der Waals surface area contributed by atoms with E-state index in [4.69, 9.17) is 5.73 Å². The maximum Gasteiger partial charge on any atom is 0.316 e. The number of primary amides is 1. The van der Waals surface area contributed by atoms with Crippen molar-refractivity contribution in [3.05, 3.63) is 44.5 Å². The molecule has 0 unspecified atom stereocenters. The fourth-order valence-corrected chi connectivity index (χ4v) is 3.28. The van der Waals surface area contributed by atoms with Crippen LogP contribution in [0.25, 0.3) is 11.0 Å². The second-order valence-corrected chi connectivity index (χ2v) is 6.20. The van der Waals surface area contributed by atoms with Crippen LogP contribution in [0.3, 0.4) is 0 Å². The fraction of sp³-hybridized carbons (Fsp3) is 0.412. The summed E-state index contributed by atoms with van der Waals surface area (Å²) in [6, 6.07) is 4.90. The van der Waals surface area contributed by atoms with Crippen LogP contribution in [0.4, 0.5) is 0 Å². The number of benzene rings is 1. The summed E-state index contributed by atoms with van der Waals surface area (Å²) >= 11 is 0. The molecule has 3 rings (SSSR count). The Hall–Kier alpha value is -2.90. The molecule has 1 aromatic carbocycles. The van der Waals surface area contributed by atoms with Gasteiger partial charge in [0.15, 0.2) is 0 Å². The molecule has 2 amide bonds. The van der Waals surface area contributed by atoms with E-state index < -0.39 is 11.1 Å². The summed E-state index contributed by atoms with van der Waals surface area (Å²) < 4.78 is 1.38. The van der Waals surface area contributed by atoms with Crippen LogP contribution < -0.4 is 16.9 Å². The number of carbonyl (C=O) groups excluding carboxylic acids is 2. The van der Waals surface area contributed by atoms with E-state index in [1.165, 1.54) is 4.57 Å². The Labute approximate surface area is 143 Å². The van der Waals surface area contributed by atoms with Crippen LogP contribution in [0.5, 0.6) is 0 Å². The normalized spacial score (nSPS) is 15.5. The molecule has 0 aliphatic carbocycles. The number of aromatic amines is 1. The first kappa shape index (κ1) is 16.9. The van der Waals surface area contributed by atoms with Gasteiger partial charge in [-0.1, -0.05) is 0 Å². The average Bonchev–Trinajstić information content (AvgIpc) is 2.62. The average molecular weight is 344 g/mol. The topological polar surface area (TPSA) is 118 Å². The Balaban J connectivity index is 1.91. The zero-order chi connectivity index (χ0) is 18.1. The van der Waals surface area contributed by atoms with Crippen molar-refractivity contribution in [1.29, 1.82) is 0 Å². The van der Waals surface area contributed by atoms with E-state index in [1.54, 1.807) is 30.0 Å². The lowest BCUT2D eigenvalue weighted by atomic mass is 9.96. The van der Waals surface area contributed by atoms with Crippen molar-refractivity contribution in [3.63, 3.8) is 0 Å². The lowest BCUT2D eigenvalue weighted by Crippen LogP contribution is -2.41. The molecule has 1 aliphatic heterocycles.